The molecular formula is C22H22N2O3. The molecule has 5 nitrogen and oxygen atoms in total. The SMILES string of the molecule is Cc1ccccc1CC(CNC(=O)c1c(C)ccc2cnccc12)C(=O)O. The van der Waals surface area contributed by atoms with Crippen molar-refractivity contribution in [1.29, 1.82) is 0 Å². The van der Waals surface area contributed by atoms with Crippen molar-refractivity contribution in [2.75, 3.05) is 6.54 Å². The number of hydrogen-bond acceptors (Lipinski definition) is 3. The number of carbonyl (C=O) groups excluding carboxylic acids is 1. The van der Waals surface area contributed by atoms with Gasteiger partial charge in [0.1, 0.15) is 0 Å². The minimum atomic E-state index is -0.919. The van der Waals surface area contributed by atoms with E-state index in [1.54, 1.807) is 18.5 Å². The Bertz CT molecular complexity index is 998. The van der Waals surface area contributed by atoms with Crippen molar-refractivity contribution in [3.63, 3.8) is 0 Å². The summed E-state index contributed by atoms with van der Waals surface area (Å²) in [6, 6.07) is 13.3. The van der Waals surface area contributed by atoms with Crippen LogP contribution in [0.4, 0.5) is 0 Å². The topological polar surface area (TPSA) is 79.3 Å². The van der Waals surface area contributed by atoms with Crippen LogP contribution in [0.15, 0.2) is 54.9 Å². The molecule has 0 aliphatic heterocycles. The van der Waals surface area contributed by atoms with Gasteiger partial charge in [0.15, 0.2) is 0 Å². The normalized spacial score (nSPS) is 11.9. The van der Waals surface area contributed by atoms with Gasteiger partial charge in [-0.1, -0.05) is 36.4 Å². The lowest BCUT2D eigenvalue weighted by Crippen LogP contribution is -2.34. The Kier molecular flexibility index (Phi) is 5.50. The first-order valence-electron chi connectivity index (χ1n) is 8.86. The van der Waals surface area contributed by atoms with Crippen LogP contribution >= 0.6 is 0 Å². The number of fused-ring (bicyclic) bond motifs is 1. The average Bonchev–Trinajstić information content (AvgIpc) is 2.66. The van der Waals surface area contributed by atoms with Crippen molar-refractivity contribution in [2.45, 2.75) is 20.3 Å². The second kappa shape index (κ2) is 7.99. The van der Waals surface area contributed by atoms with Gasteiger partial charge in [-0.3, -0.25) is 14.6 Å². The highest BCUT2D eigenvalue weighted by Crippen LogP contribution is 2.21. The first-order valence-corrected chi connectivity index (χ1v) is 8.86. The van der Waals surface area contributed by atoms with E-state index in [9.17, 15) is 14.7 Å². The van der Waals surface area contributed by atoms with Crippen LogP contribution < -0.4 is 5.32 Å². The summed E-state index contributed by atoms with van der Waals surface area (Å²) in [5.41, 5.74) is 3.44. The second-order valence-corrected chi connectivity index (χ2v) is 6.73. The molecule has 0 spiro atoms. The molecular weight excluding hydrogens is 340 g/mol. The molecule has 1 heterocycles. The molecule has 0 aliphatic carbocycles. The van der Waals surface area contributed by atoms with E-state index in [0.29, 0.717) is 12.0 Å². The molecule has 0 aliphatic rings. The molecule has 1 aromatic heterocycles. The van der Waals surface area contributed by atoms with Crippen molar-refractivity contribution < 1.29 is 14.7 Å². The highest BCUT2D eigenvalue weighted by atomic mass is 16.4. The summed E-state index contributed by atoms with van der Waals surface area (Å²) >= 11 is 0. The molecule has 3 aromatic rings. The first-order chi connectivity index (χ1) is 13.0. The number of aryl methyl sites for hydroxylation is 2. The van der Waals surface area contributed by atoms with E-state index in [4.69, 9.17) is 0 Å². The number of rotatable bonds is 6. The monoisotopic (exact) mass is 362 g/mol. The molecule has 3 rings (SSSR count). The lowest BCUT2D eigenvalue weighted by Gasteiger charge is -2.16. The van der Waals surface area contributed by atoms with Crippen LogP contribution in [0, 0.1) is 19.8 Å². The molecule has 1 atom stereocenters. The molecule has 1 amide bonds. The van der Waals surface area contributed by atoms with Gasteiger partial charge in [0.2, 0.25) is 0 Å². The fraction of sp³-hybridized carbons (Fsp3) is 0.227. The van der Waals surface area contributed by atoms with E-state index in [1.165, 1.54) is 0 Å². The quantitative estimate of drug-likeness (QED) is 0.703. The van der Waals surface area contributed by atoms with Crippen molar-refractivity contribution in [3.8, 4) is 0 Å². The number of carbonyl (C=O) groups is 2. The van der Waals surface area contributed by atoms with Crippen molar-refractivity contribution in [3.05, 3.63) is 77.1 Å². The fourth-order valence-electron chi connectivity index (χ4n) is 3.23. The largest absolute Gasteiger partial charge is 0.481 e. The molecule has 1 unspecified atom stereocenters. The fourth-order valence-corrected chi connectivity index (χ4v) is 3.23. The molecule has 0 radical (unpaired) electrons. The molecule has 0 saturated heterocycles. The third kappa shape index (κ3) is 4.14. The van der Waals surface area contributed by atoms with Crippen molar-refractivity contribution in [1.82, 2.24) is 10.3 Å². The van der Waals surface area contributed by atoms with E-state index in [1.807, 2.05) is 50.2 Å². The van der Waals surface area contributed by atoms with E-state index in [0.717, 1.165) is 27.5 Å². The van der Waals surface area contributed by atoms with Crippen LogP contribution in [0.3, 0.4) is 0 Å². The Labute approximate surface area is 158 Å². The number of nitrogens with one attached hydrogen (secondary N) is 1. The lowest BCUT2D eigenvalue weighted by atomic mass is 9.95. The second-order valence-electron chi connectivity index (χ2n) is 6.73. The number of nitrogens with zero attached hydrogens (tertiary/aromatic N) is 1. The number of amides is 1. The van der Waals surface area contributed by atoms with Crippen LogP contribution in [0.25, 0.3) is 10.8 Å². The van der Waals surface area contributed by atoms with E-state index < -0.39 is 11.9 Å². The van der Waals surface area contributed by atoms with E-state index in [-0.39, 0.29) is 12.5 Å². The minimum Gasteiger partial charge on any atom is -0.481 e. The van der Waals surface area contributed by atoms with Crippen LogP contribution in [-0.2, 0) is 11.2 Å². The van der Waals surface area contributed by atoms with Gasteiger partial charge in [0, 0.05) is 24.3 Å². The maximum absolute atomic E-state index is 12.8. The van der Waals surface area contributed by atoms with Gasteiger partial charge in [-0.25, -0.2) is 0 Å². The van der Waals surface area contributed by atoms with Gasteiger partial charge in [0.05, 0.1) is 11.5 Å². The van der Waals surface area contributed by atoms with Crippen LogP contribution in [-0.4, -0.2) is 28.5 Å². The van der Waals surface area contributed by atoms with Crippen LogP contribution in [0.5, 0.6) is 0 Å². The van der Waals surface area contributed by atoms with Crippen molar-refractivity contribution in [2.24, 2.45) is 5.92 Å². The summed E-state index contributed by atoms with van der Waals surface area (Å²) in [6.07, 6.45) is 3.74. The molecule has 0 bridgehead atoms. The third-order valence-electron chi connectivity index (χ3n) is 4.84. The highest BCUT2D eigenvalue weighted by molar-refractivity contribution is 6.08. The Balaban J connectivity index is 1.78. The van der Waals surface area contributed by atoms with Gasteiger partial charge < -0.3 is 10.4 Å². The summed E-state index contributed by atoms with van der Waals surface area (Å²) in [4.78, 5) is 28.6. The summed E-state index contributed by atoms with van der Waals surface area (Å²) in [6.45, 7) is 3.90. The summed E-state index contributed by atoms with van der Waals surface area (Å²) < 4.78 is 0. The first kappa shape index (κ1) is 18.6. The molecule has 2 aromatic carbocycles. The maximum Gasteiger partial charge on any atom is 0.308 e. The minimum absolute atomic E-state index is 0.0728. The summed E-state index contributed by atoms with van der Waals surface area (Å²) in [5, 5.41) is 14.1. The summed E-state index contributed by atoms with van der Waals surface area (Å²) in [5.74, 6) is -1.87. The highest BCUT2D eigenvalue weighted by Gasteiger charge is 2.21. The number of aromatic nitrogens is 1. The number of hydrogen-bond donors (Lipinski definition) is 2. The van der Waals surface area contributed by atoms with Crippen LogP contribution in [0.2, 0.25) is 0 Å². The number of carboxylic acids is 1. The maximum atomic E-state index is 12.8. The number of pyridine rings is 1. The smallest absolute Gasteiger partial charge is 0.308 e. The van der Waals surface area contributed by atoms with Gasteiger partial charge in [-0.2, -0.15) is 0 Å². The molecule has 0 saturated carbocycles. The Hall–Kier alpha value is -3.21. The Morgan fingerprint density at radius 3 is 2.59 bits per heavy atom. The predicted octanol–water partition coefficient (Wildman–Crippen LogP) is 3.52. The zero-order chi connectivity index (χ0) is 19.4. The standard InChI is InChI=1S/C22H22N2O3/c1-14-5-3-4-6-16(14)11-18(22(26)27)13-24-21(25)20-15(2)7-8-17-12-23-10-9-19(17)20/h3-10,12,18H,11,13H2,1-2H3,(H,24,25)(H,26,27). The van der Waals surface area contributed by atoms with E-state index in [2.05, 4.69) is 10.3 Å². The predicted molar refractivity (Wildman–Crippen MR) is 105 cm³/mol. The number of carboxylic acid groups (broad SMARTS) is 1. The van der Waals surface area contributed by atoms with Crippen LogP contribution in [0.1, 0.15) is 27.0 Å². The van der Waals surface area contributed by atoms with Gasteiger partial charge in [-0.15, -0.1) is 0 Å². The zero-order valence-electron chi connectivity index (χ0n) is 15.4. The molecule has 0 fully saturated rings. The molecule has 5 heteroatoms. The third-order valence-corrected chi connectivity index (χ3v) is 4.84. The van der Waals surface area contributed by atoms with Crippen molar-refractivity contribution >= 4 is 22.6 Å². The Morgan fingerprint density at radius 2 is 1.85 bits per heavy atom. The molecule has 2 N–H and O–H groups in total. The molecule has 138 valence electrons. The summed E-state index contributed by atoms with van der Waals surface area (Å²) in [7, 11) is 0. The van der Waals surface area contributed by atoms with Gasteiger partial charge >= 0.3 is 5.97 Å². The van der Waals surface area contributed by atoms with Gasteiger partial charge in [-0.05, 0) is 48.4 Å². The van der Waals surface area contributed by atoms with Gasteiger partial charge in [0.25, 0.3) is 5.91 Å². The zero-order valence-corrected chi connectivity index (χ0v) is 15.4. The molecule has 27 heavy (non-hydrogen) atoms. The lowest BCUT2D eigenvalue weighted by molar-refractivity contribution is -0.141. The number of aliphatic carboxylic acids is 1. The Morgan fingerprint density at radius 1 is 1.07 bits per heavy atom. The number of benzene rings is 2. The van der Waals surface area contributed by atoms with E-state index >= 15 is 0 Å². The average molecular weight is 362 g/mol.